The van der Waals surface area contributed by atoms with E-state index in [2.05, 4.69) is 5.32 Å². The molecule has 34 heavy (non-hydrogen) atoms. The van der Waals surface area contributed by atoms with Crippen LogP contribution in [0.2, 0.25) is 0 Å². The molecule has 0 fully saturated rings. The van der Waals surface area contributed by atoms with Crippen LogP contribution in [0.1, 0.15) is 21.5 Å². The Kier molecular flexibility index (Phi) is 6.25. The minimum Gasteiger partial charge on any atom is -0.504 e. The maximum absolute atomic E-state index is 13.1. The fraction of sp³-hybridized carbons (Fsp3) is 0.0385. The van der Waals surface area contributed by atoms with Crippen molar-refractivity contribution in [3.63, 3.8) is 0 Å². The number of rotatable bonds is 6. The summed E-state index contributed by atoms with van der Waals surface area (Å²) >= 11 is 0. The van der Waals surface area contributed by atoms with Crippen molar-refractivity contribution in [1.29, 1.82) is 0 Å². The van der Waals surface area contributed by atoms with Crippen LogP contribution in [0.25, 0.3) is 0 Å². The normalized spacial score (nSPS) is 11.2. The Labute approximate surface area is 196 Å². The number of phenols is 3. The molecule has 172 valence electrons. The van der Waals surface area contributed by atoms with Gasteiger partial charge in [-0.3, -0.25) is 4.79 Å². The molecule has 8 heteroatoms. The van der Waals surface area contributed by atoms with Crippen LogP contribution >= 0.6 is 0 Å². The average Bonchev–Trinajstić information content (AvgIpc) is 2.85. The van der Waals surface area contributed by atoms with Gasteiger partial charge in [-0.05, 0) is 35.9 Å². The van der Waals surface area contributed by atoms with Gasteiger partial charge in [0.05, 0.1) is 21.0 Å². The summed E-state index contributed by atoms with van der Waals surface area (Å²) in [5.41, 5.74) is 0.728. The van der Waals surface area contributed by atoms with Crippen LogP contribution < -0.4 is 5.32 Å². The van der Waals surface area contributed by atoms with Crippen molar-refractivity contribution in [2.45, 2.75) is 16.2 Å². The van der Waals surface area contributed by atoms with Crippen LogP contribution in [0.5, 0.6) is 17.2 Å². The summed E-state index contributed by atoms with van der Waals surface area (Å²) in [6.45, 7) is 0. The molecule has 0 aliphatic rings. The third-order valence-corrected chi connectivity index (χ3v) is 7.11. The van der Waals surface area contributed by atoms with Crippen LogP contribution in [0.4, 0.5) is 5.69 Å². The summed E-state index contributed by atoms with van der Waals surface area (Å²) in [4.78, 5) is 13.0. The Bertz CT molecular complexity index is 1450. The van der Waals surface area contributed by atoms with Gasteiger partial charge in [-0.1, -0.05) is 60.7 Å². The number of amides is 1. The van der Waals surface area contributed by atoms with E-state index in [1.807, 2.05) is 30.3 Å². The summed E-state index contributed by atoms with van der Waals surface area (Å²) in [6.07, 6.45) is 0.194. The lowest BCUT2D eigenvalue weighted by Gasteiger charge is -2.15. The van der Waals surface area contributed by atoms with Gasteiger partial charge in [0.15, 0.2) is 11.5 Å². The molecule has 0 saturated heterocycles. The molecule has 0 saturated carbocycles. The number of hydrogen-bond acceptors (Lipinski definition) is 6. The largest absolute Gasteiger partial charge is 0.504 e. The maximum Gasteiger partial charge on any atom is 0.259 e. The molecule has 0 spiro atoms. The molecule has 0 radical (unpaired) electrons. The van der Waals surface area contributed by atoms with Gasteiger partial charge in [0, 0.05) is 12.0 Å². The van der Waals surface area contributed by atoms with Crippen LogP contribution in [-0.4, -0.2) is 29.6 Å². The van der Waals surface area contributed by atoms with E-state index in [4.69, 9.17) is 0 Å². The minimum atomic E-state index is -3.94. The quantitative estimate of drug-likeness (QED) is 0.305. The fourth-order valence-corrected chi connectivity index (χ4v) is 4.98. The van der Waals surface area contributed by atoms with E-state index in [1.54, 1.807) is 24.3 Å². The minimum absolute atomic E-state index is 0.00734. The van der Waals surface area contributed by atoms with Gasteiger partial charge in [0.2, 0.25) is 15.6 Å². The number of nitrogens with one attached hydrogen (secondary N) is 1. The Morgan fingerprint density at radius 2 is 1.32 bits per heavy atom. The van der Waals surface area contributed by atoms with E-state index in [-0.39, 0.29) is 33.0 Å². The molecular weight excluding hydrogens is 454 g/mol. The zero-order valence-electron chi connectivity index (χ0n) is 17.8. The topological polar surface area (TPSA) is 124 Å². The van der Waals surface area contributed by atoms with Gasteiger partial charge in [-0.2, -0.15) is 0 Å². The second-order valence-corrected chi connectivity index (χ2v) is 9.48. The fourth-order valence-electron chi connectivity index (χ4n) is 3.55. The number of anilines is 1. The highest BCUT2D eigenvalue weighted by Gasteiger charge is 2.25. The molecule has 4 aromatic rings. The van der Waals surface area contributed by atoms with Gasteiger partial charge in [0.1, 0.15) is 0 Å². The Balaban J connectivity index is 1.71. The number of phenolic OH excluding ortho intramolecular Hbond substituents is 3. The van der Waals surface area contributed by atoms with E-state index in [0.29, 0.717) is 0 Å². The van der Waals surface area contributed by atoms with E-state index >= 15 is 0 Å². The lowest BCUT2D eigenvalue weighted by molar-refractivity contribution is 0.102. The Morgan fingerprint density at radius 3 is 2.00 bits per heavy atom. The van der Waals surface area contributed by atoms with Gasteiger partial charge in [0.25, 0.3) is 5.91 Å². The number of carbonyl (C=O) groups excluding carboxylic acids is 1. The summed E-state index contributed by atoms with van der Waals surface area (Å²) in [7, 11) is -3.94. The van der Waals surface area contributed by atoms with Crippen molar-refractivity contribution in [2.24, 2.45) is 0 Å². The van der Waals surface area contributed by atoms with Crippen molar-refractivity contribution in [1.82, 2.24) is 0 Å². The van der Waals surface area contributed by atoms with Gasteiger partial charge in [-0.25, -0.2) is 8.42 Å². The third kappa shape index (κ3) is 4.44. The number of benzene rings is 4. The van der Waals surface area contributed by atoms with Crippen molar-refractivity contribution in [3.05, 3.63) is 108 Å². The summed E-state index contributed by atoms with van der Waals surface area (Å²) in [6, 6.07) is 24.0. The highest BCUT2D eigenvalue weighted by molar-refractivity contribution is 7.91. The number of sulfone groups is 1. The molecule has 0 heterocycles. The first kappa shape index (κ1) is 22.9. The lowest BCUT2D eigenvalue weighted by Crippen LogP contribution is -2.15. The van der Waals surface area contributed by atoms with Crippen molar-refractivity contribution < 1.29 is 28.5 Å². The predicted molar refractivity (Wildman–Crippen MR) is 127 cm³/mol. The molecule has 0 atom stereocenters. The van der Waals surface area contributed by atoms with Crippen LogP contribution in [0, 0.1) is 0 Å². The Hall–Kier alpha value is -4.30. The van der Waals surface area contributed by atoms with Crippen molar-refractivity contribution in [3.8, 4) is 17.2 Å². The number of hydrogen-bond donors (Lipinski definition) is 4. The molecule has 0 aromatic heterocycles. The van der Waals surface area contributed by atoms with E-state index < -0.39 is 33.0 Å². The summed E-state index contributed by atoms with van der Waals surface area (Å²) in [5, 5.41) is 33.4. The Morgan fingerprint density at radius 1 is 0.735 bits per heavy atom. The number of carbonyl (C=O) groups is 1. The van der Waals surface area contributed by atoms with E-state index in [9.17, 15) is 28.5 Å². The van der Waals surface area contributed by atoms with Crippen LogP contribution in [0.3, 0.4) is 0 Å². The molecule has 0 unspecified atom stereocenters. The first-order valence-electron chi connectivity index (χ1n) is 10.3. The molecule has 4 N–H and O–H groups in total. The van der Waals surface area contributed by atoms with Gasteiger partial charge >= 0.3 is 0 Å². The molecule has 1 amide bonds. The van der Waals surface area contributed by atoms with Gasteiger partial charge < -0.3 is 20.6 Å². The molecule has 4 rings (SSSR count). The summed E-state index contributed by atoms with van der Waals surface area (Å²) in [5.74, 6) is -3.03. The molecule has 4 aromatic carbocycles. The zero-order valence-corrected chi connectivity index (χ0v) is 18.7. The van der Waals surface area contributed by atoms with Crippen molar-refractivity contribution in [2.75, 3.05) is 5.32 Å². The molecule has 0 aliphatic heterocycles. The standard InChI is InChI=1S/C26H21NO6S/c28-23-18(15-17-9-3-1-4-10-17)16-20(24(29)25(23)30)26(31)27-21-13-7-8-14-22(21)34(32,33)19-11-5-2-6-12-19/h1-14,16,28-30H,15H2,(H,27,31). The molecular formula is C26H21NO6S. The average molecular weight is 476 g/mol. The van der Waals surface area contributed by atoms with Crippen LogP contribution in [0.15, 0.2) is 101 Å². The zero-order chi connectivity index (χ0) is 24.3. The third-order valence-electron chi connectivity index (χ3n) is 5.29. The second kappa shape index (κ2) is 9.29. The lowest BCUT2D eigenvalue weighted by atomic mass is 10.00. The summed E-state index contributed by atoms with van der Waals surface area (Å²) < 4.78 is 26.2. The van der Waals surface area contributed by atoms with Gasteiger partial charge in [-0.15, -0.1) is 0 Å². The molecule has 0 aliphatic carbocycles. The monoisotopic (exact) mass is 475 g/mol. The maximum atomic E-state index is 13.1. The number of para-hydroxylation sites is 1. The molecule has 0 bridgehead atoms. The predicted octanol–water partition coefficient (Wildman–Crippen LogP) is 4.48. The van der Waals surface area contributed by atoms with Crippen LogP contribution in [-0.2, 0) is 16.3 Å². The first-order valence-corrected chi connectivity index (χ1v) is 11.8. The molecule has 7 nitrogen and oxygen atoms in total. The second-order valence-electron chi connectivity index (χ2n) is 7.56. The highest BCUT2D eigenvalue weighted by atomic mass is 32.2. The number of aromatic hydroxyl groups is 3. The van der Waals surface area contributed by atoms with Crippen molar-refractivity contribution >= 4 is 21.4 Å². The van der Waals surface area contributed by atoms with E-state index in [0.717, 1.165) is 5.56 Å². The highest BCUT2D eigenvalue weighted by Crippen LogP contribution is 2.41. The smallest absolute Gasteiger partial charge is 0.259 e. The first-order chi connectivity index (χ1) is 16.3. The van der Waals surface area contributed by atoms with E-state index in [1.165, 1.54) is 36.4 Å². The SMILES string of the molecule is O=C(Nc1ccccc1S(=O)(=O)c1ccccc1)c1cc(Cc2ccccc2)c(O)c(O)c1O.